The van der Waals surface area contributed by atoms with Crippen LogP contribution in [0.1, 0.15) is 200 Å². The molecule has 14 aliphatic rings. The summed E-state index contributed by atoms with van der Waals surface area (Å²) in [5, 5.41) is 256. The average molecular weight is 2120 g/mol. The van der Waals surface area contributed by atoms with Gasteiger partial charge in [0.1, 0.15) is 147 Å². The van der Waals surface area contributed by atoms with Gasteiger partial charge in [0.25, 0.3) is 0 Å². The number of allylic oxidation sites excluding steroid dienone is 2. The second kappa shape index (κ2) is 47.2. The van der Waals surface area contributed by atoms with Gasteiger partial charge in [0.2, 0.25) is 12.0 Å². The molecule has 14 rings (SSSR count). The molecule has 147 heavy (non-hydrogen) atoms. The van der Waals surface area contributed by atoms with E-state index in [4.69, 9.17) is 94.7 Å². The van der Waals surface area contributed by atoms with E-state index in [0.717, 1.165) is 11.9 Å². The van der Waals surface area contributed by atoms with E-state index < -0.39 is 401 Å². The Morgan fingerprint density at radius 1 is 0.483 bits per heavy atom. The fraction of sp³-hybridized carbons (Fsp3) is 0.909. The summed E-state index contributed by atoms with van der Waals surface area (Å²) in [4.78, 5) is 73.2. The number of hydrogen-bond acceptors (Lipinski definition) is 47. The largest absolute Gasteiger partial charge is 0.504 e. The van der Waals surface area contributed by atoms with E-state index in [0.29, 0.717) is 57.8 Å². The fourth-order valence-corrected chi connectivity index (χ4v) is 25.4. The number of esters is 3. The third-order valence-corrected chi connectivity index (χ3v) is 35.3. The number of aliphatic hydroxyl groups is 22. The van der Waals surface area contributed by atoms with Gasteiger partial charge in [-0.3, -0.25) is 14.4 Å². The van der Waals surface area contributed by atoms with E-state index in [1.54, 1.807) is 27.7 Å². The quantitative estimate of drug-likeness (QED) is 0.00944. The summed E-state index contributed by atoms with van der Waals surface area (Å²) in [6.45, 7) is 22.2. The molecule has 12 fully saturated rings. The number of ether oxygens (including phenoxy) is 20. The van der Waals surface area contributed by atoms with Gasteiger partial charge in [0.05, 0.1) is 98.9 Å². The van der Waals surface area contributed by atoms with Gasteiger partial charge >= 0.3 is 29.8 Å². The van der Waals surface area contributed by atoms with Crippen molar-refractivity contribution in [1.82, 2.24) is 0 Å². The number of rotatable bonds is 37. The third kappa shape index (κ3) is 23.2. The molecule has 5 aliphatic carbocycles. The topological polar surface area (TPSA) is 735 Å². The van der Waals surface area contributed by atoms with Crippen LogP contribution < -0.4 is 0 Å². The standard InChI is InChI=1S/C99H158O48/c1-15-38(3)50(134-57(107)29-46(105)28-51(39(4)16-2)135-90-80(64(114)53(34-102)137-90)144-87-70(120)66(116)60(110)41(6)131-87)27-45(104)30-58(108)139-77-61(111)42(7)132-91(81(77)145-88-72(122)68(118)75(43(8)133-88)140-85-74(124)76(49(106)36-129-85)141-84-62(112)44(32-100)35-128-84)147-93(127)99-25-23-94(9,10)31-48(99)47-17-18-55-95(11)21-20-56(96(12,37-103)54(95)19-22-98(55,14)97(47,13)24-26-99)138-92-82(146-89-71(121)67(117)63(113)52(33-101)136-89)78(73(123)79(143-92)83(125)126)142-86-69(119)65(115)59(109)40(5)130-86/h17,37-46,48-56,59-73,75-82,84,86-92,100-102,104-106,109-124H,15-16,18-36H2,1-14H3,(H,125,126)/t38-,39-,40-,41-,42+,43-,44-,45-,46-,48-,49+,50-,51-,52+,53-,54?,55?,56-,59-,60-,61-,62+,63-,64-,65+,66+,67-,68-,69+,70+,71+,72+,73-,75-,76-,77-,78-,79-,80+,81+,82+,84-,86-,87-,88-,89-,90+,91-,92+,95-,96-,97+,98+,99-/m0/s1. The van der Waals surface area contributed by atoms with Gasteiger partial charge in [-0.2, -0.15) is 0 Å². The predicted octanol–water partition coefficient (Wildman–Crippen LogP) is -3.49. The summed E-state index contributed by atoms with van der Waals surface area (Å²) in [6, 6.07) is 0. The average Bonchev–Trinajstić information content (AvgIpc) is 0.768. The molecule has 48 nitrogen and oxygen atoms in total. The van der Waals surface area contributed by atoms with Gasteiger partial charge in [0.15, 0.2) is 74.6 Å². The molecule has 0 radical (unpaired) electrons. The van der Waals surface area contributed by atoms with E-state index in [1.807, 2.05) is 6.92 Å². The van der Waals surface area contributed by atoms with Crippen LogP contribution in [0, 0.1) is 68.0 Å². The first-order valence-electron chi connectivity index (χ1n) is 51.7. The van der Waals surface area contributed by atoms with E-state index >= 15 is 4.79 Å². The van der Waals surface area contributed by atoms with E-state index in [9.17, 15) is 137 Å². The molecule has 48 heteroatoms. The molecule has 9 aliphatic heterocycles. The van der Waals surface area contributed by atoms with Gasteiger partial charge in [-0.15, -0.1) is 0 Å². The van der Waals surface area contributed by atoms with Crippen LogP contribution >= 0.6 is 0 Å². The second-order valence-corrected chi connectivity index (χ2v) is 45.2. The van der Waals surface area contributed by atoms with Crippen molar-refractivity contribution in [3.8, 4) is 0 Å². The zero-order chi connectivity index (χ0) is 108. The minimum absolute atomic E-state index is 0.0775. The number of fused-ring (bicyclic) bond motifs is 7. The van der Waals surface area contributed by atoms with Crippen LogP contribution in [0.25, 0.3) is 0 Å². The maximum Gasteiger partial charge on any atom is 0.335 e. The van der Waals surface area contributed by atoms with Crippen molar-refractivity contribution in [3.05, 3.63) is 23.4 Å². The number of aliphatic carboxylic acids is 1. The zero-order valence-corrected chi connectivity index (χ0v) is 85.3. The lowest BCUT2D eigenvalue weighted by atomic mass is 9.33. The molecule has 23 N–H and O–H groups in total. The summed E-state index contributed by atoms with van der Waals surface area (Å²) < 4.78 is 122. The van der Waals surface area contributed by atoms with Crippen LogP contribution in [-0.2, 0) is 119 Å². The van der Waals surface area contributed by atoms with Crippen molar-refractivity contribution < 1.29 is 236 Å². The Bertz CT molecular complexity index is 4460. The van der Waals surface area contributed by atoms with Gasteiger partial charge in [0, 0.05) is 18.8 Å². The molecule has 0 aromatic rings. The lowest BCUT2D eigenvalue weighted by molar-refractivity contribution is -0.394. The highest BCUT2D eigenvalue weighted by atomic mass is 16.8. The van der Waals surface area contributed by atoms with E-state index in [1.165, 1.54) is 27.7 Å². The molecule has 0 spiro atoms. The molecule has 4 saturated carbocycles. The number of carboxylic acid groups (broad SMARTS) is 1. The molecule has 54 atom stereocenters. The maximum absolute atomic E-state index is 16.5. The molecule has 0 amide bonds. The number of carboxylic acids is 1. The van der Waals surface area contributed by atoms with Crippen molar-refractivity contribution in [2.45, 2.75) is 464 Å². The molecule has 0 bridgehead atoms. The lowest BCUT2D eigenvalue weighted by Crippen LogP contribution is -2.69. The van der Waals surface area contributed by atoms with E-state index in [2.05, 4.69) is 40.7 Å². The van der Waals surface area contributed by atoms with Crippen molar-refractivity contribution in [3.63, 3.8) is 0 Å². The minimum Gasteiger partial charge on any atom is -0.504 e. The Balaban J connectivity index is 0.709. The van der Waals surface area contributed by atoms with E-state index in [-0.39, 0.29) is 44.1 Å². The minimum atomic E-state index is -2.26. The predicted molar refractivity (Wildman–Crippen MR) is 491 cm³/mol. The van der Waals surface area contributed by atoms with Gasteiger partial charge in [-0.25, -0.2) is 4.79 Å². The van der Waals surface area contributed by atoms with Crippen molar-refractivity contribution in [2.75, 3.05) is 33.0 Å². The Morgan fingerprint density at radius 3 is 1.61 bits per heavy atom. The van der Waals surface area contributed by atoms with Crippen molar-refractivity contribution >= 4 is 30.2 Å². The number of carbonyl (C=O) groups excluding carboxylic acids is 4. The number of aliphatic hydroxyl groups excluding tert-OH is 22. The lowest BCUT2D eigenvalue weighted by Gasteiger charge is -2.71. The Hall–Kier alpha value is -5.01. The zero-order valence-electron chi connectivity index (χ0n) is 85.3. The van der Waals surface area contributed by atoms with Crippen LogP contribution in [0.4, 0.5) is 0 Å². The highest BCUT2D eigenvalue weighted by molar-refractivity contribution is 5.79. The molecule has 0 aromatic carbocycles. The first kappa shape index (κ1) is 117. The highest BCUT2D eigenvalue weighted by Gasteiger charge is 2.72. The van der Waals surface area contributed by atoms with Crippen LogP contribution in [0.3, 0.4) is 0 Å². The van der Waals surface area contributed by atoms with Crippen LogP contribution in [-0.4, -0.2) is 445 Å². The Kier molecular flexibility index (Phi) is 37.7. The van der Waals surface area contributed by atoms with Gasteiger partial charge in [-0.05, 0) is 143 Å². The first-order chi connectivity index (χ1) is 69.1. The number of hydrogen-bond donors (Lipinski definition) is 23. The molecule has 8 saturated heterocycles. The number of carbonyl (C=O) groups is 5. The van der Waals surface area contributed by atoms with Crippen LogP contribution in [0.15, 0.2) is 23.4 Å². The molecular weight excluding hydrogens is 1960 g/mol. The second-order valence-electron chi connectivity index (χ2n) is 45.2. The number of aldehydes is 1. The van der Waals surface area contributed by atoms with Crippen molar-refractivity contribution in [2.24, 2.45) is 68.0 Å². The van der Waals surface area contributed by atoms with Crippen LogP contribution in [0.5, 0.6) is 0 Å². The summed E-state index contributed by atoms with van der Waals surface area (Å²) in [6.07, 6.45) is -68.5. The smallest absolute Gasteiger partial charge is 0.335 e. The van der Waals surface area contributed by atoms with Crippen LogP contribution in [0.2, 0.25) is 0 Å². The first-order valence-corrected chi connectivity index (χ1v) is 51.7. The maximum atomic E-state index is 16.5. The molecule has 2 unspecified atom stereocenters. The molecule has 842 valence electrons. The third-order valence-electron chi connectivity index (χ3n) is 35.3. The Morgan fingerprint density at radius 2 is 1.01 bits per heavy atom. The highest BCUT2D eigenvalue weighted by Crippen LogP contribution is 2.76. The summed E-state index contributed by atoms with van der Waals surface area (Å²) in [5.41, 5.74) is -4.32. The summed E-state index contributed by atoms with van der Waals surface area (Å²) >= 11 is 0. The Labute approximate surface area is 850 Å². The monoisotopic (exact) mass is 2110 g/mol. The summed E-state index contributed by atoms with van der Waals surface area (Å²) in [7, 11) is 0. The molecule has 0 aromatic heterocycles. The SMILES string of the molecule is CC[C@H](C)[C@H](C[C@H](O)CC(=O)O[C@H]1[C@@H](O)[C@@H](C)O[C@@H](OC(=O)[C@]23CCC(C)(C)C[C@H]2C2=CCC4[C@@]5(C)CC[C@H](O[C@@H]6O[C@H](C(=O)O)[C@@H](O)[C@H](O[C@@H]7O[C@@H](C)[C@H](O)[C@@H](O)[C@H]7O)[C@H]6O[C@@H]6O[C@H](CO)[C@H](O)[C@H](O)[C@H]6O)[C@@](C)(C=O)C5CC[C@@]4(C)[C@]2(C)CC3)[C@@H]1O[C@@H]1O[C@@H](C)[C@H](OC2=C(O)[C@@H](O[C@@H]3OC[C@H](CO)[C@H]3O)[C@H](O)CO2)[C@@H](O)[C@H]1O)OC(=O)C[C@@H](O)C[C@H](O[C@@H]1O[C@@H](CO)[C@H](O)[C@H]1O[C@@H]1O[C@@H](C)[C@H](O)[C@@H](O)[C@H]1O)[C@@H](C)CC. The molecule has 9 heterocycles. The summed E-state index contributed by atoms with van der Waals surface area (Å²) in [5.74, 6) is -9.25. The fourth-order valence-electron chi connectivity index (χ4n) is 25.4. The van der Waals surface area contributed by atoms with Crippen molar-refractivity contribution in [1.29, 1.82) is 0 Å². The normalized spacial score (nSPS) is 48.1. The molecular formula is C99H158O48. The van der Waals surface area contributed by atoms with Gasteiger partial charge in [-0.1, -0.05) is 93.7 Å². The van der Waals surface area contributed by atoms with Gasteiger partial charge < -0.3 is 217 Å².